The fourth-order valence-corrected chi connectivity index (χ4v) is 8.45. The lowest BCUT2D eigenvalue weighted by atomic mass is 10.0. The van der Waals surface area contributed by atoms with E-state index in [2.05, 4.69) is 33.0 Å². The van der Waals surface area contributed by atoms with Crippen molar-refractivity contribution in [1.82, 2.24) is 10.2 Å². The highest BCUT2D eigenvalue weighted by molar-refractivity contribution is 8.00. The molecule has 1 aliphatic rings. The summed E-state index contributed by atoms with van der Waals surface area (Å²) in [6, 6.07) is 31.6. The number of hydrogen-bond acceptors (Lipinski definition) is 8. The van der Waals surface area contributed by atoms with Gasteiger partial charge in [0.15, 0.2) is 0 Å². The summed E-state index contributed by atoms with van der Waals surface area (Å²) in [5.41, 5.74) is 3.29. The van der Waals surface area contributed by atoms with Crippen LogP contribution in [0.1, 0.15) is 62.6 Å². The van der Waals surface area contributed by atoms with E-state index in [9.17, 15) is 23.6 Å². The van der Waals surface area contributed by atoms with E-state index in [1.165, 1.54) is 52.9 Å². The average Bonchev–Trinajstić information content (AvgIpc) is 3.55. The molecule has 0 radical (unpaired) electrons. The van der Waals surface area contributed by atoms with E-state index < -0.39 is 28.9 Å². The van der Waals surface area contributed by atoms with Crippen molar-refractivity contribution in [2.24, 2.45) is 0 Å². The molecule has 0 aliphatic carbocycles. The summed E-state index contributed by atoms with van der Waals surface area (Å²) in [5, 5.41) is 8.44. The first-order valence-electron chi connectivity index (χ1n) is 18.0. The van der Waals surface area contributed by atoms with Gasteiger partial charge in [0.25, 0.3) is 11.8 Å². The van der Waals surface area contributed by atoms with Crippen molar-refractivity contribution >= 4 is 63.6 Å². The molecule has 282 valence electrons. The highest BCUT2D eigenvalue weighted by atomic mass is 32.2. The SMILES string of the molecule is CCOC(=O)c1c(NC(=O)C(CC)Sc2cccc(NC(=O)/C(=C/c3ccccc3F)NC(=O)c3ccccc3)c2)sc2c1CCN(Cc1ccccc1)C2. The summed E-state index contributed by atoms with van der Waals surface area (Å²) >= 11 is 2.74. The van der Waals surface area contributed by atoms with Gasteiger partial charge in [0.1, 0.15) is 16.5 Å². The van der Waals surface area contributed by atoms with Crippen molar-refractivity contribution in [2.75, 3.05) is 23.8 Å². The Morgan fingerprint density at radius 2 is 1.64 bits per heavy atom. The number of halogens is 1. The van der Waals surface area contributed by atoms with Crippen LogP contribution in [0.3, 0.4) is 0 Å². The van der Waals surface area contributed by atoms with E-state index in [0.717, 1.165) is 23.5 Å². The van der Waals surface area contributed by atoms with Gasteiger partial charge >= 0.3 is 5.97 Å². The predicted molar refractivity (Wildman–Crippen MR) is 216 cm³/mol. The van der Waals surface area contributed by atoms with Crippen molar-refractivity contribution in [1.29, 1.82) is 0 Å². The van der Waals surface area contributed by atoms with Gasteiger partial charge in [-0.3, -0.25) is 19.3 Å². The van der Waals surface area contributed by atoms with Crippen LogP contribution in [-0.2, 0) is 33.8 Å². The molecule has 0 saturated carbocycles. The van der Waals surface area contributed by atoms with Gasteiger partial charge in [-0.25, -0.2) is 9.18 Å². The summed E-state index contributed by atoms with van der Waals surface area (Å²) in [4.78, 5) is 57.8. The highest BCUT2D eigenvalue weighted by Crippen LogP contribution is 2.39. The lowest BCUT2D eigenvalue weighted by Crippen LogP contribution is -2.30. The third kappa shape index (κ3) is 10.2. The fourth-order valence-electron chi connectivity index (χ4n) is 6.15. The van der Waals surface area contributed by atoms with Gasteiger partial charge in [-0.15, -0.1) is 23.1 Å². The molecular weight excluding hydrogens is 736 g/mol. The second kappa shape index (κ2) is 18.7. The van der Waals surface area contributed by atoms with Crippen molar-refractivity contribution in [2.45, 2.75) is 49.9 Å². The second-order valence-corrected chi connectivity index (χ2v) is 15.1. The number of ether oxygens (including phenoxy) is 1. The quantitative estimate of drug-likeness (QED) is 0.0588. The van der Waals surface area contributed by atoms with E-state index in [4.69, 9.17) is 4.74 Å². The van der Waals surface area contributed by atoms with Crippen LogP contribution in [0.15, 0.2) is 120 Å². The topological polar surface area (TPSA) is 117 Å². The number of thioether (sulfide) groups is 1. The first kappa shape index (κ1) is 39.1. The molecule has 2 heterocycles. The monoisotopic (exact) mass is 776 g/mol. The molecule has 4 aromatic carbocycles. The summed E-state index contributed by atoms with van der Waals surface area (Å²) in [6.45, 7) is 6.11. The van der Waals surface area contributed by atoms with E-state index in [-0.39, 0.29) is 23.8 Å². The molecule has 0 saturated heterocycles. The Bertz CT molecular complexity index is 2190. The Morgan fingerprint density at radius 3 is 2.36 bits per heavy atom. The van der Waals surface area contributed by atoms with Crippen LogP contribution in [0, 0.1) is 5.82 Å². The number of carbonyl (C=O) groups is 4. The molecule has 55 heavy (non-hydrogen) atoms. The summed E-state index contributed by atoms with van der Waals surface area (Å²) in [7, 11) is 0. The lowest BCUT2D eigenvalue weighted by Gasteiger charge is -2.27. The zero-order valence-corrected chi connectivity index (χ0v) is 32.1. The van der Waals surface area contributed by atoms with Crippen LogP contribution in [-0.4, -0.2) is 47.0 Å². The molecule has 1 aromatic heterocycles. The molecule has 12 heteroatoms. The highest BCUT2D eigenvalue weighted by Gasteiger charge is 2.31. The number of thiophene rings is 1. The van der Waals surface area contributed by atoms with Gasteiger partial charge in [0, 0.05) is 46.2 Å². The molecule has 1 aliphatic heterocycles. The van der Waals surface area contributed by atoms with E-state index in [0.29, 0.717) is 46.1 Å². The normalized spacial score (nSPS) is 13.3. The average molecular weight is 777 g/mol. The van der Waals surface area contributed by atoms with E-state index in [1.807, 2.05) is 31.2 Å². The first-order chi connectivity index (χ1) is 26.7. The molecule has 0 spiro atoms. The van der Waals surface area contributed by atoms with Crippen LogP contribution < -0.4 is 16.0 Å². The van der Waals surface area contributed by atoms with Gasteiger partial charge in [-0.1, -0.05) is 79.7 Å². The Morgan fingerprint density at radius 1 is 0.909 bits per heavy atom. The van der Waals surface area contributed by atoms with Gasteiger partial charge in [-0.2, -0.15) is 0 Å². The standard InChI is InChI=1S/C43H41FN4O5S2/c1-3-36(41(51)47-42-38(43(52)53-4-2)33-22-23-48(27-37(33)55-42)26-28-14-7-5-8-15-28)54-32-20-13-19-31(25-32)45-40(50)35(24-30-18-11-12-21-34(30)44)46-39(49)29-16-9-6-10-17-29/h5-21,24-25,36H,3-4,22-23,26-27H2,1-2H3,(H,45,50)(H,46,49)(H,47,51)/b35-24-. The van der Waals surface area contributed by atoms with Crippen LogP contribution in [0.4, 0.5) is 15.1 Å². The largest absolute Gasteiger partial charge is 0.462 e. The fraction of sp³-hybridized carbons (Fsp3) is 0.209. The number of carbonyl (C=O) groups excluding carboxylic acids is 4. The summed E-state index contributed by atoms with van der Waals surface area (Å²) < 4.78 is 20.0. The molecule has 1 unspecified atom stereocenters. The van der Waals surface area contributed by atoms with Crippen LogP contribution in [0.2, 0.25) is 0 Å². The van der Waals surface area contributed by atoms with Crippen molar-refractivity contribution in [3.63, 3.8) is 0 Å². The van der Waals surface area contributed by atoms with Crippen LogP contribution >= 0.6 is 23.1 Å². The number of benzene rings is 4. The molecular formula is C43H41FN4O5S2. The Kier molecular flexibility index (Phi) is 13.3. The second-order valence-electron chi connectivity index (χ2n) is 12.8. The zero-order chi connectivity index (χ0) is 38.7. The van der Waals surface area contributed by atoms with Gasteiger partial charge < -0.3 is 20.7 Å². The van der Waals surface area contributed by atoms with Crippen LogP contribution in [0.25, 0.3) is 6.08 Å². The van der Waals surface area contributed by atoms with Crippen molar-refractivity contribution in [3.8, 4) is 0 Å². The molecule has 1 atom stereocenters. The van der Waals surface area contributed by atoms with E-state index >= 15 is 0 Å². The third-order valence-corrected chi connectivity index (χ3v) is 11.4. The van der Waals surface area contributed by atoms with Crippen LogP contribution in [0.5, 0.6) is 0 Å². The molecule has 5 aromatic rings. The number of nitrogens with one attached hydrogen (secondary N) is 3. The minimum atomic E-state index is -0.657. The smallest absolute Gasteiger partial charge is 0.341 e. The minimum Gasteiger partial charge on any atom is -0.462 e. The summed E-state index contributed by atoms with van der Waals surface area (Å²) in [5.74, 6) is -2.44. The van der Waals surface area contributed by atoms with Gasteiger partial charge in [-0.05, 0) is 73.4 Å². The number of fused-ring (bicyclic) bond motifs is 1. The lowest BCUT2D eigenvalue weighted by molar-refractivity contribution is -0.116. The number of hydrogen-bond donors (Lipinski definition) is 3. The van der Waals surface area contributed by atoms with Gasteiger partial charge in [0.2, 0.25) is 5.91 Å². The Hall–Kier alpha value is -5.56. The Balaban J connectivity index is 1.17. The third-order valence-electron chi connectivity index (χ3n) is 8.87. The first-order valence-corrected chi connectivity index (χ1v) is 19.7. The number of nitrogens with zero attached hydrogens (tertiary/aromatic N) is 1. The number of amides is 3. The van der Waals surface area contributed by atoms with Crippen molar-refractivity contribution < 1.29 is 28.3 Å². The minimum absolute atomic E-state index is 0.129. The summed E-state index contributed by atoms with van der Waals surface area (Å²) in [6.07, 6.45) is 2.44. The molecule has 0 fully saturated rings. The maximum Gasteiger partial charge on any atom is 0.341 e. The molecule has 6 rings (SSSR count). The number of esters is 1. The Labute approximate surface area is 328 Å². The van der Waals surface area contributed by atoms with Gasteiger partial charge in [0.05, 0.1) is 17.4 Å². The maximum atomic E-state index is 14.6. The zero-order valence-electron chi connectivity index (χ0n) is 30.5. The molecule has 0 bridgehead atoms. The van der Waals surface area contributed by atoms with E-state index in [1.54, 1.807) is 61.5 Å². The number of rotatable bonds is 14. The maximum absolute atomic E-state index is 14.6. The number of anilines is 2. The molecule has 3 amide bonds. The predicted octanol–water partition coefficient (Wildman–Crippen LogP) is 8.54. The van der Waals surface area contributed by atoms with Crippen molar-refractivity contribution in [3.05, 3.63) is 153 Å². The molecule has 9 nitrogen and oxygen atoms in total. The molecule has 3 N–H and O–H groups in total.